The molecule has 0 aromatic carbocycles. The Balaban J connectivity index is 2.17. The molecule has 8 heteroatoms. The number of nitrogens with zero attached hydrogens (tertiary/aromatic N) is 2. The molecule has 96 valence electrons. The Morgan fingerprint density at radius 2 is 2.12 bits per heavy atom. The molecule has 0 spiro atoms. The summed E-state index contributed by atoms with van der Waals surface area (Å²) < 4.78 is 0. The van der Waals surface area contributed by atoms with Gasteiger partial charge in [-0.05, 0) is 6.92 Å². The molecule has 2 heterocycles. The van der Waals surface area contributed by atoms with E-state index in [0.717, 1.165) is 0 Å². The molecule has 0 fully saturated rings. The highest BCUT2D eigenvalue weighted by Gasteiger charge is 2.36. The molecule has 17 heavy (non-hydrogen) atoms. The van der Waals surface area contributed by atoms with Gasteiger partial charge >= 0.3 is 0 Å². The number of rotatable bonds is 2. The Labute approximate surface area is 98.3 Å². The molecule has 0 saturated carbocycles. The van der Waals surface area contributed by atoms with Crippen molar-refractivity contribution in [2.24, 2.45) is 15.7 Å². The Hall–Kier alpha value is -1.22. The van der Waals surface area contributed by atoms with Gasteiger partial charge in [0.15, 0.2) is 12.2 Å². The Morgan fingerprint density at radius 3 is 2.76 bits per heavy atom. The van der Waals surface area contributed by atoms with E-state index in [2.05, 4.69) is 20.6 Å². The van der Waals surface area contributed by atoms with Crippen LogP contribution in [0, 0.1) is 0 Å². The minimum atomic E-state index is -0.986. The van der Waals surface area contributed by atoms with Crippen LogP contribution in [-0.2, 0) is 0 Å². The number of hydrogen-bond acceptors (Lipinski definition) is 8. The van der Waals surface area contributed by atoms with Crippen molar-refractivity contribution in [2.75, 3.05) is 6.54 Å². The van der Waals surface area contributed by atoms with Crippen molar-refractivity contribution in [3.8, 4) is 0 Å². The van der Waals surface area contributed by atoms with Crippen LogP contribution >= 0.6 is 0 Å². The van der Waals surface area contributed by atoms with E-state index in [1.54, 1.807) is 0 Å². The van der Waals surface area contributed by atoms with Gasteiger partial charge in [0, 0.05) is 6.54 Å². The second-order valence-electron chi connectivity index (χ2n) is 4.25. The third kappa shape index (κ3) is 2.39. The van der Waals surface area contributed by atoms with E-state index in [1.807, 2.05) is 0 Å². The molecular formula is C9H17N5O3. The first-order valence-corrected chi connectivity index (χ1v) is 5.44. The first-order valence-electron chi connectivity index (χ1n) is 5.44. The fourth-order valence-corrected chi connectivity index (χ4v) is 1.90. The summed E-state index contributed by atoms with van der Waals surface area (Å²) in [6.45, 7) is 1.85. The molecular weight excluding hydrogens is 226 g/mol. The minimum absolute atomic E-state index is 0.0847. The molecule has 0 saturated heterocycles. The fourth-order valence-electron chi connectivity index (χ4n) is 1.90. The number of nitrogens with one attached hydrogen (secondary N) is 2. The molecule has 0 bridgehead atoms. The third-order valence-electron chi connectivity index (χ3n) is 2.86. The summed E-state index contributed by atoms with van der Waals surface area (Å²) in [5.74, 6) is 0.516. The van der Waals surface area contributed by atoms with Crippen molar-refractivity contribution in [3.63, 3.8) is 0 Å². The molecule has 5 unspecified atom stereocenters. The number of amidine groups is 1. The summed E-state index contributed by atoms with van der Waals surface area (Å²) in [4.78, 5) is 7.99. The highest BCUT2D eigenvalue weighted by molar-refractivity contribution is 6.04. The van der Waals surface area contributed by atoms with Gasteiger partial charge in [-0.15, -0.1) is 0 Å². The number of aliphatic imine (C=N–C) groups is 2. The maximum atomic E-state index is 9.72. The van der Waals surface area contributed by atoms with Gasteiger partial charge in [-0.1, -0.05) is 0 Å². The van der Waals surface area contributed by atoms with E-state index >= 15 is 0 Å². The number of guanidine groups is 1. The van der Waals surface area contributed by atoms with Crippen molar-refractivity contribution < 1.29 is 15.3 Å². The average molecular weight is 243 g/mol. The summed E-state index contributed by atoms with van der Waals surface area (Å²) >= 11 is 0. The van der Waals surface area contributed by atoms with Gasteiger partial charge in [0.1, 0.15) is 18.0 Å². The van der Waals surface area contributed by atoms with Gasteiger partial charge < -0.3 is 31.7 Å². The Kier molecular flexibility index (Phi) is 3.29. The average Bonchev–Trinajstić information content (AvgIpc) is 2.26. The molecule has 2 rings (SSSR count). The normalized spacial score (nSPS) is 36.1. The number of aliphatic hydroxyl groups excluding tert-OH is 3. The van der Waals surface area contributed by atoms with E-state index in [4.69, 9.17) is 5.73 Å². The zero-order chi connectivity index (χ0) is 12.6. The van der Waals surface area contributed by atoms with Gasteiger partial charge in [-0.3, -0.25) is 4.99 Å². The highest BCUT2D eigenvalue weighted by Crippen LogP contribution is 2.13. The van der Waals surface area contributed by atoms with Crippen molar-refractivity contribution in [1.82, 2.24) is 10.6 Å². The number of hydrogen-bond donors (Lipinski definition) is 6. The summed E-state index contributed by atoms with van der Waals surface area (Å²) in [6, 6.07) is -0.924. The standard InChI is InChI=1S/C9H17N5O3/c1-3(15)6(16)4-2-11-5-7(12-4)13-9(10)14-8(5)17/h3-6,8,11,15-17H,2H2,1H3,(H3,10,12,13,14). The topological polar surface area (TPSA) is 135 Å². The lowest BCUT2D eigenvalue weighted by Crippen LogP contribution is -2.63. The Morgan fingerprint density at radius 1 is 1.41 bits per heavy atom. The molecule has 0 aliphatic carbocycles. The third-order valence-corrected chi connectivity index (χ3v) is 2.86. The number of aliphatic hydroxyl groups is 3. The van der Waals surface area contributed by atoms with Crippen molar-refractivity contribution >= 4 is 11.8 Å². The van der Waals surface area contributed by atoms with E-state index in [9.17, 15) is 15.3 Å². The SMILES string of the molecule is CC(O)C(O)C1CNC2C(=N1)NC(N)=NC2O. The first-order chi connectivity index (χ1) is 7.99. The Bertz CT molecular complexity index is 357. The lowest BCUT2D eigenvalue weighted by atomic mass is 10.0. The largest absolute Gasteiger partial charge is 0.391 e. The number of fused-ring (bicyclic) bond motifs is 1. The smallest absolute Gasteiger partial charge is 0.196 e. The maximum absolute atomic E-state index is 9.72. The van der Waals surface area contributed by atoms with Gasteiger partial charge in [-0.25, -0.2) is 4.99 Å². The molecule has 2 aliphatic rings. The van der Waals surface area contributed by atoms with Gasteiger partial charge in [0.25, 0.3) is 0 Å². The van der Waals surface area contributed by atoms with Crippen LogP contribution in [0.25, 0.3) is 0 Å². The highest BCUT2D eigenvalue weighted by atomic mass is 16.3. The van der Waals surface area contributed by atoms with Crippen LogP contribution in [0.2, 0.25) is 0 Å². The molecule has 0 radical (unpaired) electrons. The summed E-state index contributed by atoms with van der Waals surface area (Å²) in [6.07, 6.45) is -2.82. The van der Waals surface area contributed by atoms with Crippen molar-refractivity contribution in [3.05, 3.63) is 0 Å². The molecule has 0 aromatic rings. The van der Waals surface area contributed by atoms with Gasteiger partial charge in [0.05, 0.1) is 12.1 Å². The van der Waals surface area contributed by atoms with Crippen LogP contribution in [0.1, 0.15) is 6.92 Å². The maximum Gasteiger partial charge on any atom is 0.196 e. The first kappa shape index (κ1) is 12.2. The van der Waals surface area contributed by atoms with E-state index in [1.165, 1.54) is 6.92 Å². The van der Waals surface area contributed by atoms with E-state index < -0.39 is 30.5 Å². The second kappa shape index (κ2) is 4.57. The predicted octanol–water partition coefficient (Wildman–Crippen LogP) is -3.30. The second-order valence-corrected chi connectivity index (χ2v) is 4.25. The summed E-state index contributed by atoms with van der Waals surface area (Å²) in [7, 11) is 0. The van der Waals surface area contributed by atoms with Gasteiger partial charge in [0.2, 0.25) is 0 Å². The van der Waals surface area contributed by atoms with Crippen molar-refractivity contribution in [2.45, 2.75) is 37.4 Å². The van der Waals surface area contributed by atoms with Crippen LogP contribution in [0.15, 0.2) is 9.98 Å². The van der Waals surface area contributed by atoms with Crippen LogP contribution < -0.4 is 16.4 Å². The fraction of sp³-hybridized carbons (Fsp3) is 0.778. The zero-order valence-corrected chi connectivity index (χ0v) is 9.41. The van der Waals surface area contributed by atoms with Crippen molar-refractivity contribution in [1.29, 1.82) is 0 Å². The monoisotopic (exact) mass is 243 g/mol. The lowest BCUT2D eigenvalue weighted by Gasteiger charge is -2.35. The van der Waals surface area contributed by atoms with Gasteiger partial charge in [-0.2, -0.15) is 0 Å². The minimum Gasteiger partial charge on any atom is -0.391 e. The zero-order valence-electron chi connectivity index (χ0n) is 9.41. The summed E-state index contributed by atoms with van der Waals surface area (Å²) in [5.41, 5.74) is 5.47. The number of nitrogens with two attached hydrogens (primary N) is 1. The molecule has 5 atom stereocenters. The molecule has 0 aromatic heterocycles. The van der Waals surface area contributed by atoms with Crippen LogP contribution in [0.5, 0.6) is 0 Å². The quantitative estimate of drug-likeness (QED) is 0.301. The predicted molar refractivity (Wildman–Crippen MR) is 61.5 cm³/mol. The van der Waals surface area contributed by atoms with Crippen LogP contribution in [-0.4, -0.2) is 64.2 Å². The van der Waals surface area contributed by atoms with E-state index in [0.29, 0.717) is 12.4 Å². The molecule has 0 amide bonds. The molecule has 2 aliphatic heterocycles. The van der Waals surface area contributed by atoms with Crippen LogP contribution in [0.4, 0.5) is 0 Å². The molecule has 7 N–H and O–H groups in total. The van der Waals surface area contributed by atoms with E-state index in [-0.39, 0.29) is 5.96 Å². The lowest BCUT2D eigenvalue weighted by molar-refractivity contribution is 0.0128. The van der Waals surface area contributed by atoms with Crippen LogP contribution in [0.3, 0.4) is 0 Å². The molecule has 8 nitrogen and oxygen atoms in total. The summed E-state index contributed by atoms with van der Waals surface area (Å²) in [5, 5.41) is 34.4.